The highest BCUT2D eigenvalue weighted by molar-refractivity contribution is 9.10. The van der Waals surface area contributed by atoms with E-state index in [-0.39, 0.29) is 12.4 Å². The van der Waals surface area contributed by atoms with Crippen LogP contribution in [0.2, 0.25) is 0 Å². The highest BCUT2D eigenvalue weighted by Gasteiger charge is 2.46. The summed E-state index contributed by atoms with van der Waals surface area (Å²) in [5.41, 5.74) is 5.84. The van der Waals surface area contributed by atoms with Crippen LogP contribution in [0, 0.1) is 0 Å². The monoisotopic (exact) mass is 348 g/mol. The lowest BCUT2D eigenvalue weighted by atomic mass is 9.90. The Bertz CT molecular complexity index is 703. The van der Waals surface area contributed by atoms with Gasteiger partial charge in [0.1, 0.15) is 18.1 Å². The van der Waals surface area contributed by atoms with Crippen molar-refractivity contribution in [3.8, 4) is 11.5 Å². The van der Waals surface area contributed by atoms with Crippen LogP contribution in [-0.2, 0) is 10.3 Å². The molecule has 0 aliphatic carbocycles. The molecular formula is C15H13BrN2O3. The van der Waals surface area contributed by atoms with Gasteiger partial charge in [0, 0.05) is 21.8 Å². The molecule has 6 heteroatoms. The van der Waals surface area contributed by atoms with Gasteiger partial charge in [0.2, 0.25) is 0 Å². The molecule has 0 radical (unpaired) electrons. The van der Waals surface area contributed by atoms with Crippen molar-refractivity contribution in [1.29, 1.82) is 0 Å². The number of benzene rings is 2. The fourth-order valence-corrected chi connectivity index (χ4v) is 2.66. The lowest BCUT2D eigenvalue weighted by molar-refractivity contribution is -0.122. The van der Waals surface area contributed by atoms with Crippen LogP contribution in [-0.4, -0.2) is 17.6 Å². The highest BCUT2D eigenvalue weighted by atomic mass is 79.9. The fourth-order valence-electron chi connectivity index (χ4n) is 2.40. The van der Waals surface area contributed by atoms with E-state index in [2.05, 4.69) is 21.2 Å². The second-order valence-electron chi connectivity index (χ2n) is 4.87. The number of hydrogen-bond donors (Lipinski definition) is 3. The van der Waals surface area contributed by atoms with E-state index in [0.717, 1.165) is 10.2 Å². The maximum atomic E-state index is 12.1. The first kappa shape index (κ1) is 13.8. The smallest absolute Gasteiger partial charge is 0.251 e. The van der Waals surface area contributed by atoms with Gasteiger partial charge in [0.05, 0.1) is 0 Å². The number of halogens is 1. The average molecular weight is 349 g/mol. The van der Waals surface area contributed by atoms with Crippen LogP contribution in [0.1, 0.15) is 5.56 Å². The second-order valence-corrected chi connectivity index (χ2v) is 5.79. The summed E-state index contributed by atoms with van der Waals surface area (Å²) in [5, 5.41) is 12.7. The molecule has 1 amide bonds. The van der Waals surface area contributed by atoms with Crippen molar-refractivity contribution < 1.29 is 14.6 Å². The minimum absolute atomic E-state index is 0.0805. The fraction of sp³-hybridized carbons (Fsp3) is 0.133. The standard InChI is InChI=1S/C15H13BrN2O3/c16-9-1-3-10(4-2-9)18-15(14(17)20)8-21-13-7-11(19)5-6-12(13)15/h1-7,18-19H,8H2,(H2,17,20). The average Bonchev–Trinajstić information content (AvgIpc) is 2.81. The van der Waals surface area contributed by atoms with Gasteiger partial charge in [-0.05, 0) is 36.4 Å². The van der Waals surface area contributed by atoms with Gasteiger partial charge in [-0.1, -0.05) is 15.9 Å². The maximum absolute atomic E-state index is 12.1. The minimum atomic E-state index is -1.14. The molecule has 1 aliphatic rings. The summed E-state index contributed by atoms with van der Waals surface area (Å²) in [6, 6.07) is 12.0. The normalized spacial score (nSPS) is 19.7. The Morgan fingerprint density at radius 2 is 2.00 bits per heavy atom. The third-order valence-corrected chi connectivity index (χ3v) is 4.02. The molecule has 2 aromatic rings. The van der Waals surface area contributed by atoms with E-state index >= 15 is 0 Å². The van der Waals surface area contributed by atoms with Crippen molar-refractivity contribution >= 4 is 27.5 Å². The molecule has 1 aliphatic heterocycles. The van der Waals surface area contributed by atoms with Gasteiger partial charge < -0.3 is 20.9 Å². The number of fused-ring (bicyclic) bond motifs is 1. The number of phenolic OH excluding ortho intramolecular Hbond substituents is 1. The predicted octanol–water partition coefficient (Wildman–Crippen LogP) is 2.34. The summed E-state index contributed by atoms with van der Waals surface area (Å²) < 4.78 is 6.46. The second kappa shape index (κ2) is 4.96. The van der Waals surface area contributed by atoms with E-state index < -0.39 is 11.4 Å². The first-order chi connectivity index (χ1) is 10.0. The number of rotatable bonds is 3. The van der Waals surface area contributed by atoms with Crippen LogP contribution in [0.5, 0.6) is 11.5 Å². The molecule has 4 N–H and O–H groups in total. The number of hydrogen-bond acceptors (Lipinski definition) is 4. The zero-order chi connectivity index (χ0) is 15.0. The van der Waals surface area contributed by atoms with E-state index in [9.17, 15) is 9.90 Å². The van der Waals surface area contributed by atoms with Crippen LogP contribution in [0.15, 0.2) is 46.9 Å². The van der Waals surface area contributed by atoms with Crippen molar-refractivity contribution in [2.75, 3.05) is 11.9 Å². The molecule has 0 saturated heterocycles. The molecule has 3 rings (SSSR count). The summed E-state index contributed by atoms with van der Waals surface area (Å²) in [7, 11) is 0. The van der Waals surface area contributed by atoms with Gasteiger partial charge in [-0.15, -0.1) is 0 Å². The van der Waals surface area contributed by atoms with Gasteiger partial charge in [-0.3, -0.25) is 4.79 Å². The molecule has 0 spiro atoms. The number of carbonyl (C=O) groups is 1. The molecule has 5 nitrogen and oxygen atoms in total. The van der Waals surface area contributed by atoms with Crippen LogP contribution in [0.4, 0.5) is 5.69 Å². The predicted molar refractivity (Wildman–Crippen MR) is 82.2 cm³/mol. The number of nitrogens with one attached hydrogen (secondary N) is 1. The molecule has 108 valence electrons. The molecule has 21 heavy (non-hydrogen) atoms. The number of carbonyl (C=O) groups excluding carboxylic acids is 1. The van der Waals surface area contributed by atoms with Crippen LogP contribution < -0.4 is 15.8 Å². The number of anilines is 1. The van der Waals surface area contributed by atoms with Crippen molar-refractivity contribution in [3.05, 3.63) is 52.5 Å². The Kier molecular flexibility index (Phi) is 3.25. The van der Waals surface area contributed by atoms with E-state index in [1.807, 2.05) is 24.3 Å². The Labute approximate surface area is 129 Å². The minimum Gasteiger partial charge on any atom is -0.508 e. The molecule has 0 saturated carbocycles. The SMILES string of the molecule is NC(=O)C1(Nc2ccc(Br)cc2)COc2cc(O)ccc21. The molecule has 0 aromatic heterocycles. The van der Waals surface area contributed by atoms with Gasteiger partial charge >= 0.3 is 0 Å². The number of ether oxygens (including phenoxy) is 1. The third kappa shape index (κ3) is 2.31. The van der Waals surface area contributed by atoms with E-state index in [0.29, 0.717) is 11.3 Å². The lowest BCUT2D eigenvalue weighted by Gasteiger charge is -2.27. The molecule has 1 unspecified atom stereocenters. The Hall–Kier alpha value is -2.21. The molecule has 0 bridgehead atoms. The number of phenols is 1. The molecule has 0 fully saturated rings. The zero-order valence-corrected chi connectivity index (χ0v) is 12.6. The Morgan fingerprint density at radius 3 is 2.67 bits per heavy atom. The van der Waals surface area contributed by atoms with Crippen molar-refractivity contribution in [2.45, 2.75) is 5.54 Å². The Balaban J connectivity index is 2.03. The number of primary amides is 1. The topological polar surface area (TPSA) is 84.6 Å². The summed E-state index contributed by atoms with van der Waals surface area (Å²) in [5.74, 6) is 0.00549. The third-order valence-electron chi connectivity index (χ3n) is 3.49. The van der Waals surface area contributed by atoms with Crippen LogP contribution in [0.25, 0.3) is 0 Å². The largest absolute Gasteiger partial charge is 0.508 e. The van der Waals surface area contributed by atoms with Crippen molar-refractivity contribution in [2.24, 2.45) is 5.73 Å². The van der Waals surface area contributed by atoms with Crippen LogP contribution >= 0.6 is 15.9 Å². The number of nitrogens with two attached hydrogens (primary N) is 1. The number of amides is 1. The molecular weight excluding hydrogens is 336 g/mol. The summed E-state index contributed by atoms with van der Waals surface area (Å²) in [6.45, 7) is 0.0805. The quantitative estimate of drug-likeness (QED) is 0.794. The maximum Gasteiger partial charge on any atom is 0.251 e. The van der Waals surface area contributed by atoms with Crippen LogP contribution in [0.3, 0.4) is 0 Å². The van der Waals surface area contributed by atoms with Crippen molar-refractivity contribution in [3.63, 3.8) is 0 Å². The van der Waals surface area contributed by atoms with Gasteiger partial charge in [-0.2, -0.15) is 0 Å². The van der Waals surface area contributed by atoms with Gasteiger partial charge in [-0.25, -0.2) is 0 Å². The highest BCUT2D eigenvalue weighted by Crippen LogP contribution is 2.41. The zero-order valence-electron chi connectivity index (χ0n) is 11.0. The summed E-state index contributed by atoms with van der Waals surface area (Å²) >= 11 is 3.36. The Morgan fingerprint density at radius 1 is 1.29 bits per heavy atom. The lowest BCUT2D eigenvalue weighted by Crippen LogP contribution is -2.49. The molecule has 1 atom stereocenters. The van der Waals surface area contributed by atoms with E-state index in [1.54, 1.807) is 6.07 Å². The first-order valence-corrected chi connectivity index (χ1v) is 7.10. The van der Waals surface area contributed by atoms with Crippen molar-refractivity contribution in [1.82, 2.24) is 0 Å². The summed E-state index contributed by atoms with van der Waals surface area (Å²) in [6.07, 6.45) is 0. The molecule has 2 aromatic carbocycles. The first-order valence-electron chi connectivity index (χ1n) is 6.31. The number of aromatic hydroxyl groups is 1. The molecule has 1 heterocycles. The van der Waals surface area contributed by atoms with E-state index in [1.165, 1.54) is 12.1 Å². The summed E-state index contributed by atoms with van der Waals surface area (Å²) in [4.78, 5) is 12.1. The van der Waals surface area contributed by atoms with Gasteiger partial charge in [0.25, 0.3) is 5.91 Å². The van der Waals surface area contributed by atoms with Gasteiger partial charge in [0.15, 0.2) is 5.54 Å². The van der Waals surface area contributed by atoms with E-state index in [4.69, 9.17) is 10.5 Å².